The molecule has 0 unspecified atom stereocenters. The number of thiol groups is 1. The van der Waals surface area contributed by atoms with Gasteiger partial charge in [0, 0.05) is 6.42 Å². The summed E-state index contributed by atoms with van der Waals surface area (Å²) in [6.07, 6.45) is 1.82. The molecular formula is C12H14N2O2S. The Morgan fingerprint density at radius 2 is 2.18 bits per heavy atom. The Morgan fingerprint density at radius 3 is 2.82 bits per heavy atom. The van der Waals surface area contributed by atoms with Gasteiger partial charge < -0.3 is 5.73 Å². The van der Waals surface area contributed by atoms with Crippen molar-refractivity contribution in [2.24, 2.45) is 5.73 Å². The van der Waals surface area contributed by atoms with Crippen molar-refractivity contribution >= 4 is 29.5 Å². The lowest BCUT2D eigenvalue weighted by molar-refractivity contribution is -0.118. The van der Waals surface area contributed by atoms with Gasteiger partial charge in [0.05, 0.1) is 5.69 Å². The van der Waals surface area contributed by atoms with E-state index in [2.05, 4.69) is 12.6 Å². The molecule has 0 atom stereocenters. The number of rotatable bonds is 2. The molecule has 0 spiro atoms. The quantitative estimate of drug-likeness (QED) is 0.782. The highest BCUT2D eigenvalue weighted by atomic mass is 32.1. The first-order chi connectivity index (χ1) is 8.13. The topological polar surface area (TPSA) is 63.4 Å². The molecule has 0 fully saturated rings. The summed E-state index contributed by atoms with van der Waals surface area (Å²) < 4.78 is 0. The van der Waals surface area contributed by atoms with E-state index in [1.165, 1.54) is 0 Å². The summed E-state index contributed by atoms with van der Waals surface area (Å²) in [5.41, 5.74) is 8.30. The van der Waals surface area contributed by atoms with Crippen molar-refractivity contribution in [3.8, 4) is 0 Å². The van der Waals surface area contributed by atoms with Crippen LogP contribution in [0.15, 0.2) is 18.2 Å². The third-order valence-electron chi connectivity index (χ3n) is 2.87. The second-order valence-electron chi connectivity index (χ2n) is 4.01. The molecule has 17 heavy (non-hydrogen) atoms. The molecular weight excluding hydrogens is 236 g/mol. The average Bonchev–Trinajstić information content (AvgIpc) is 2.29. The maximum Gasteiger partial charge on any atom is 0.289 e. The third kappa shape index (κ3) is 2.35. The van der Waals surface area contributed by atoms with Crippen LogP contribution >= 0.6 is 12.6 Å². The molecule has 1 heterocycles. The molecule has 1 aromatic rings. The number of imide groups is 1. The number of carbonyl (C=O) groups excluding carboxylic acids is 2. The number of aryl methyl sites for hydroxylation is 1. The van der Waals surface area contributed by atoms with Crippen LogP contribution in [-0.4, -0.2) is 17.7 Å². The fourth-order valence-corrected chi connectivity index (χ4v) is 2.30. The average molecular weight is 250 g/mol. The summed E-state index contributed by atoms with van der Waals surface area (Å²) in [5.74, 6) is -0.191. The second-order valence-corrected chi connectivity index (χ2v) is 4.40. The fourth-order valence-electron chi connectivity index (χ4n) is 2.08. The lowest BCUT2D eigenvalue weighted by Gasteiger charge is -2.26. The molecule has 0 saturated carbocycles. The lowest BCUT2D eigenvalue weighted by atomic mass is 9.98. The zero-order valence-corrected chi connectivity index (χ0v) is 10.2. The SMILES string of the molecule is NCCc1ccc2c(c1)CCC(=O)N2C(=O)S. The van der Waals surface area contributed by atoms with E-state index in [0.717, 1.165) is 22.4 Å². The van der Waals surface area contributed by atoms with E-state index in [1.807, 2.05) is 12.1 Å². The van der Waals surface area contributed by atoms with E-state index < -0.39 is 5.24 Å². The van der Waals surface area contributed by atoms with E-state index >= 15 is 0 Å². The molecule has 2 N–H and O–H groups in total. The van der Waals surface area contributed by atoms with E-state index in [1.54, 1.807) is 6.07 Å². The summed E-state index contributed by atoms with van der Waals surface area (Å²) in [4.78, 5) is 24.1. The molecule has 1 aromatic carbocycles. The van der Waals surface area contributed by atoms with Gasteiger partial charge in [-0.3, -0.25) is 9.59 Å². The molecule has 0 aromatic heterocycles. The van der Waals surface area contributed by atoms with Crippen LogP contribution in [0.3, 0.4) is 0 Å². The van der Waals surface area contributed by atoms with Crippen molar-refractivity contribution in [1.82, 2.24) is 0 Å². The van der Waals surface area contributed by atoms with E-state index in [4.69, 9.17) is 5.73 Å². The highest BCUT2D eigenvalue weighted by molar-refractivity contribution is 7.97. The normalized spacial score (nSPS) is 14.7. The van der Waals surface area contributed by atoms with E-state index in [-0.39, 0.29) is 5.91 Å². The van der Waals surface area contributed by atoms with Crippen LogP contribution in [0.4, 0.5) is 10.5 Å². The first kappa shape index (κ1) is 12.1. The predicted octanol–water partition coefficient (Wildman–Crippen LogP) is 1.52. The van der Waals surface area contributed by atoms with Crippen LogP contribution in [-0.2, 0) is 17.6 Å². The number of carbonyl (C=O) groups is 2. The molecule has 2 amide bonds. The van der Waals surface area contributed by atoms with Crippen LogP contribution < -0.4 is 10.6 Å². The predicted molar refractivity (Wildman–Crippen MR) is 69.4 cm³/mol. The molecule has 0 radical (unpaired) electrons. The Morgan fingerprint density at radius 1 is 1.41 bits per heavy atom. The number of nitrogens with two attached hydrogens (primary N) is 1. The van der Waals surface area contributed by atoms with Crippen molar-refractivity contribution in [3.63, 3.8) is 0 Å². The maximum atomic E-state index is 11.6. The molecule has 1 aliphatic rings. The Kier molecular flexibility index (Phi) is 3.49. The molecule has 2 rings (SSSR count). The molecule has 0 saturated heterocycles. The number of hydrogen-bond donors (Lipinski definition) is 2. The first-order valence-electron chi connectivity index (χ1n) is 5.51. The van der Waals surface area contributed by atoms with Crippen LogP contribution in [0.2, 0.25) is 0 Å². The molecule has 1 aliphatic heterocycles. The van der Waals surface area contributed by atoms with Crippen LogP contribution in [0.5, 0.6) is 0 Å². The fraction of sp³-hybridized carbons (Fsp3) is 0.333. The standard InChI is InChI=1S/C12H14N2O2S/c13-6-5-8-1-3-10-9(7-8)2-4-11(15)14(10)12(16)17/h1,3,7H,2,4-6,13H2,(H,16,17). The zero-order chi connectivity index (χ0) is 12.4. The van der Waals surface area contributed by atoms with Crippen molar-refractivity contribution < 1.29 is 9.59 Å². The number of hydrogen-bond acceptors (Lipinski definition) is 3. The number of fused-ring (bicyclic) bond motifs is 1. The minimum absolute atomic E-state index is 0.191. The number of nitrogens with zero attached hydrogens (tertiary/aromatic N) is 1. The molecule has 0 aliphatic carbocycles. The minimum atomic E-state index is -0.525. The molecule has 5 heteroatoms. The Balaban J connectivity index is 2.40. The Bertz CT molecular complexity index is 474. The highest BCUT2D eigenvalue weighted by Gasteiger charge is 2.27. The smallest absolute Gasteiger partial charge is 0.289 e. The van der Waals surface area contributed by atoms with Gasteiger partial charge >= 0.3 is 0 Å². The van der Waals surface area contributed by atoms with Gasteiger partial charge in [-0.2, -0.15) is 0 Å². The Labute approximate surface area is 105 Å². The van der Waals surface area contributed by atoms with Gasteiger partial charge in [-0.1, -0.05) is 24.8 Å². The van der Waals surface area contributed by atoms with Gasteiger partial charge in [0.1, 0.15) is 0 Å². The number of amides is 2. The largest absolute Gasteiger partial charge is 0.330 e. The molecule has 0 bridgehead atoms. The first-order valence-corrected chi connectivity index (χ1v) is 5.96. The third-order valence-corrected chi connectivity index (χ3v) is 3.07. The molecule has 90 valence electrons. The van der Waals surface area contributed by atoms with Gasteiger partial charge in [0.15, 0.2) is 0 Å². The second kappa shape index (κ2) is 4.89. The van der Waals surface area contributed by atoms with E-state index in [9.17, 15) is 9.59 Å². The summed E-state index contributed by atoms with van der Waals surface area (Å²) in [5, 5.41) is -0.525. The van der Waals surface area contributed by atoms with Gasteiger partial charge in [0.2, 0.25) is 5.91 Å². The van der Waals surface area contributed by atoms with Gasteiger partial charge in [-0.25, -0.2) is 4.90 Å². The van der Waals surface area contributed by atoms with Crippen molar-refractivity contribution in [1.29, 1.82) is 0 Å². The maximum absolute atomic E-state index is 11.6. The summed E-state index contributed by atoms with van der Waals surface area (Å²) in [7, 11) is 0. The van der Waals surface area contributed by atoms with E-state index in [0.29, 0.717) is 25.1 Å². The number of anilines is 1. The summed E-state index contributed by atoms with van der Waals surface area (Å²) >= 11 is 3.74. The summed E-state index contributed by atoms with van der Waals surface area (Å²) in [6, 6.07) is 5.71. The van der Waals surface area contributed by atoms with Gasteiger partial charge in [0.25, 0.3) is 5.24 Å². The minimum Gasteiger partial charge on any atom is -0.330 e. The van der Waals surface area contributed by atoms with Crippen LogP contribution in [0.25, 0.3) is 0 Å². The lowest BCUT2D eigenvalue weighted by Crippen LogP contribution is -2.37. The van der Waals surface area contributed by atoms with Crippen molar-refractivity contribution in [3.05, 3.63) is 29.3 Å². The Hall–Kier alpha value is -1.33. The van der Waals surface area contributed by atoms with Crippen molar-refractivity contribution in [2.45, 2.75) is 19.3 Å². The molecule has 4 nitrogen and oxygen atoms in total. The zero-order valence-electron chi connectivity index (χ0n) is 9.35. The number of benzene rings is 1. The van der Waals surface area contributed by atoms with Crippen LogP contribution in [0.1, 0.15) is 17.5 Å². The van der Waals surface area contributed by atoms with Crippen LogP contribution in [0, 0.1) is 0 Å². The highest BCUT2D eigenvalue weighted by Crippen LogP contribution is 2.29. The summed E-state index contributed by atoms with van der Waals surface area (Å²) in [6.45, 7) is 0.590. The van der Waals surface area contributed by atoms with Gasteiger partial charge in [-0.05, 0) is 36.6 Å². The van der Waals surface area contributed by atoms with Gasteiger partial charge in [-0.15, -0.1) is 0 Å². The van der Waals surface area contributed by atoms with Crippen molar-refractivity contribution in [2.75, 3.05) is 11.4 Å². The monoisotopic (exact) mass is 250 g/mol.